The van der Waals surface area contributed by atoms with E-state index in [1.807, 2.05) is 0 Å². The lowest BCUT2D eigenvalue weighted by molar-refractivity contribution is 0.364. The fraction of sp³-hybridized carbons (Fsp3) is 0.750. The molecule has 0 aromatic carbocycles. The Morgan fingerprint density at radius 2 is 2.00 bits per heavy atom. The van der Waals surface area contributed by atoms with E-state index in [0.717, 1.165) is 0 Å². The van der Waals surface area contributed by atoms with E-state index in [1.165, 1.54) is 0 Å². The quantitative estimate of drug-likeness (QED) is 0.537. The highest BCUT2D eigenvalue weighted by Gasteiger charge is 2.27. The zero-order valence-electron chi connectivity index (χ0n) is 4.99. The first kappa shape index (κ1) is 9.63. The average Bonchev–Trinajstić information content (AvgIpc) is 1.62. The second-order valence-corrected chi connectivity index (χ2v) is 5.12. The molecule has 9 heavy (non-hydrogen) atoms. The lowest BCUT2D eigenvalue weighted by Crippen LogP contribution is -2.13. The standard InChI is InChI=1S/C4H9BrO3P/c1-3(5)4(2)9(6,7)8/h3-4H,2H2,1H3,(H2,6,7,8). The normalized spacial score (nSPS) is 19.2. The van der Waals surface area contributed by atoms with Gasteiger partial charge in [-0.1, -0.05) is 22.9 Å². The Morgan fingerprint density at radius 1 is 1.67 bits per heavy atom. The molecule has 0 amide bonds. The van der Waals surface area contributed by atoms with E-state index in [2.05, 4.69) is 22.9 Å². The molecule has 0 aromatic heterocycles. The van der Waals surface area contributed by atoms with Crippen LogP contribution in [0.2, 0.25) is 0 Å². The fourth-order valence-electron chi connectivity index (χ4n) is 0.268. The Hall–Kier alpha value is 0.630. The van der Waals surface area contributed by atoms with Gasteiger partial charge in [-0.05, 0) is 6.92 Å². The molecule has 2 N–H and O–H groups in total. The van der Waals surface area contributed by atoms with Crippen molar-refractivity contribution in [3.63, 3.8) is 0 Å². The van der Waals surface area contributed by atoms with Crippen molar-refractivity contribution in [1.82, 2.24) is 0 Å². The monoisotopic (exact) mass is 215 g/mol. The molecule has 0 spiro atoms. The van der Waals surface area contributed by atoms with E-state index >= 15 is 0 Å². The van der Waals surface area contributed by atoms with Crippen LogP contribution in [0.1, 0.15) is 6.92 Å². The van der Waals surface area contributed by atoms with Crippen LogP contribution in [0.15, 0.2) is 0 Å². The van der Waals surface area contributed by atoms with Gasteiger partial charge in [-0.2, -0.15) is 0 Å². The number of rotatable bonds is 2. The van der Waals surface area contributed by atoms with Crippen LogP contribution in [0.4, 0.5) is 0 Å². The summed E-state index contributed by atoms with van der Waals surface area (Å²) in [7, 11) is -3.97. The van der Waals surface area contributed by atoms with Gasteiger partial charge in [0.25, 0.3) is 0 Å². The van der Waals surface area contributed by atoms with Gasteiger partial charge in [-0.15, -0.1) is 0 Å². The molecule has 55 valence electrons. The zero-order valence-corrected chi connectivity index (χ0v) is 7.47. The molecule has 0 aliphatic heterocycles. The maximum atomic E-state index is 10.4. The molecular weight excluding hydrogens is 207 g/mol. The number of halogens is 1. The lowest BCUT2D eigenvalue weighted by Gasteiger charge is -2.14. The van der Waals surface area contributed by atoms with Crippen molar-refractivity contribution in [2.45, 2.75) is 17.4 Å². The van der Waals surface area contributed by atoms with Crippen LogP contribution in [0.25, 0.3) is 0 Å². The van der Waals surface area contributed by atoms with Crippen molar-refractivity contribution in [1.29, 1.82) is 0 Å². The van der Waals surface area contributed by atoms with Crippen molar-refractivity contribution in [3.8, 4) is 0 Å². The summed E-state index contributed by atoms with van der Waals surface area (Å²) in [5.74, 6) is 0. The molecule has 0 aromatic rings. The number of hydrogen-bond donors (Lipinski definition) is 2. The molecule has 0 saturated heterocycles. The maximum absolute atomic E-state index is 10.4. The predicted octanol–water partition coefficient (Wildman–Crippen LogP) is 1.15. The van der Waals surface area contributed by atoms with Crippen LogP contribution in [-0.2, 0) is 4.57 Å². The minimum absolute atomic E-state index is 0.252. The molecule has 1 radical (unpaired) electrons. The first-order chi connectivity index (χ1) is 3.85. The largest absolute Gasteiger partial charge is 0.329 e. The molecule has 0 aliphatic carbocycles. The van der Waals surface area contributed by atoms with Gasteiger partial charge >= 0.3 is 7.60 Å². The van der Waals surface area contributed by atoms with Crippen molar-refractivity contribution in [2.24, 2.45) is 0 Å². The van der Waals surface area contributed by atoms with Gasteiger partial charge in [-0.3, -0.25) is 4.57 Å². The highest BCUT2D eigenvalue weighted by Crippen LogP contribution is 2.43. The first-order valence-electron chi connectivity index (χ1n) is 2.38. The van der Waals surface area contributed by atoms with Gasteiger partial charge in [0.15, 0.2) is 0 Å². The minimum atomic E-state index is -3.97. The van der Waals surface area contributed by atoms with Gasteiger partial charge in [-0.25, -0.2) is 0 Å². The smallest absolute Gasteiger partial charge is 0.324 e. The van der Waals surface area contributed by atoms with Crippen molar-refractivity contribution in [2.75, 3.05) is 0 Å². The minimum Gasteiger partial charge on any atom is -0.324 e. The molecule has 0 fully saturated rings. The second kappa shape index (κ2) is 3.15. The highest BCUT2D eigenvalue weighted by molar-refractivity contribution is 9.09. The van der Waals surface area contributed by atoms with Crippen LogP contribution < -0.4 is 0 Å². The Bertz CT molecular complexity index is 130. The molecule has 3 nitrogen and oxygen atoms in total. The summed E-state index contributed by atoms with van der Waals surface area (Å²) in [6.07, 6.45) is 0. The van der Waals surface area contributed by atoms with E-state index in [4.69, 9.17) is 9.79 Å². The van der Waals surface area contributed by atoms with E-state index in [9.17, 15) is 4.57 Å². The third kappa shape index (κ3) is 3.36. The number of hydrogen-bond acceptors (Lipinski definition) is 1. The highest BCUT2D eigenvalue weighted by atomic mass is 79.9. The third-order valence-electron chi connectivity index (χ3n) is 0.962. The topological polar surface area (TPSA) is 57.5 Å². The van der Waals surface area contributed by atoms with Gasteiger partial charge < -0.3 is 9.79 Å². The molecule has 2 unspecified atom stereocenters. The summed E-state index contributed by atoms with van der Waals surface area (Å²) in [6.45, 7) is 4.95. The van der Waals surface area contributed by atoms with Crippen molar-refractivity contribution < 1.29 is 14.4 Å². The molecular formula is C4H9BrO3P. The summed E-state index contributed by atoms with van der Waals surface area (Å²) >= 11 is 3.02. The van der Waals surface area contributed by atoms with Crippen LogP contribution in [0.3, 0.4) is 0 Å². The molecule has 0 rings (SSSR count). The van der Waals surface area contributed by atoms with Gasteiger partial charge in [0.2, 0.25) is 0 Å². The van der Waals surface area contributed by atoms with Gasteiger partial charge in [0, 0.05) is 4.83 Å². The van der Waals surface area contributed by atoms with E-state index in [1.54, 1.807) is 6.92 Å². The number of alkyl halides is 1. The predicted molar refractivity (Wildman–Crippen MR) is 39.6 cm³/mol. The molecule has 0 heterocycles. The summed E-state index contributed by atoms with van der Waals surface area (Å²) < 4.78 is 10.4. The molecule has 0 saturated carbocycles. The molecule has 0 aliphatic rings. The third-order valence-corrected chi connectivity index (χ3v) is 3.32. The zero-order chi connectivity index (χ0) is 7.65. The molecule has 0 bridgehead atoms. The Morgan fingerprint density at radius 3 is 2.00 bits per heavy atom. The van der Waals surface area contributed by atoms with Crippen LogP contribution in [0.5, 0.6) is 0 Å². The lowest BCUT2D eigenvalue weighted by atomic mass is 10.4. The summed E-state index contributed by atoms with van der Waals surface area (Å²) in [5.41, 5.74) is -0.850. The van der Waals surface area contributed by atoms with Crippen LogP contribution in [0, 0.1) is 6.92 Å². The van der Waals surface area contributed by atoms with E-state index in [-0.39, 0.29) is 4.83 Å². The van der Waals surface area contributed by atoms with Gasteiger partial charge in [0.05, 0.1) is 5.66 Å². The average molecular weight is 216 g/mol. The summed E-state index contributed by atoms with van der Waals surface area (Å²) in [4.78, 5) is 16.7. The molecule has 5 heteroatoms. The molecule has 2 atom stereocenters. The fourth-order valence-corrected chi connectivity index (χ4v) is 1.73. The Labute approximate surface area is 62.8 Å². The summed E-state index contributed by atoms with van der Waals surface area (Å²) in [5, 5.41) is 0. The maximum Gasteiger partial charge on any atom is 0.329 e. The Balaban J connectivity index is 4.05. The summed E-state index contributed by atoms with van der Waals surface area (Å²) in [6, 6.07) is 0. The van der Waals surface area contributed by atoms with Gasteiger partial charge in [0.1, 0.15) is 0 Å². The van der Waals surface area contributed by atoms with Crippen molar-refractivity contribution in [3.05, 3.63) is 6.92 Å². The SMILES string of the molecule is [CH2]C(C(C)Br)P(=O)(O)O. The first-order valence-corrected chi connectivity index (χ1v) is 4.98. The van der Waals surface area contributed by atoms with E-state index < -0.39 is 13.3 Å². The second-order valence-electron chi connectivity index (χ2n) is 1.83. The van der Waals surface area contributed by atoms with Crippen molar-refractivity contribution >= 4 is 23.5 Å². The Kier molecular flexibility index (Phi) is 3.37. The van der Waals surface area contributed by atoms with E-state index in [0.29, 0.717) is 0 Å². The van der Waals surface area contributed by atoms with Crippen LogP contribution >= 0.6 is 23.5 Å². The van der Waals surface area contributed by atoms with Crippen LogP contribution in [-0.4, -0.2) is 20.3 Å².